The van der Waals surface area contributed by atoms with Crippen molar-refractivity contribution in [3.63, 3.8) is 0 Å². The molecule has 174 valence electrons. The van der Waals surface area contributed by atoms with Gasteiger partial charge in [0.05, 0.1) is 45.8 Å². The molecule has 0 fully saturated rings. The van der Waals surface area contributed by atoms with E-state index in [9.17, 15) is 22.9 Å². The van der Waals surface area contributed by atoms with Crippen LogP contribution in [0.1, 0.15) is 16.8 Å². The van der Waals surface area contributed by atoms with Crippen LogP contribution < -0.4 is 10.2 Å². The first-order valence-corrected chi connectivity index (χ1v) is 11.8. The van der Waals surface area contributed by atoms with Crippen molar-refractivity contribution in [1.29, 1.82) is 5.26 Å². The molecule has 35 heavy (non-hydrogen) atoms. The van der Waals surface area contributed by atoms with Gasteiger partial charge in [0.1, 0.15) is 5.82 Å². The van der Waals surface area contributed by atoms with Crippen LogP contribution in [0.15, 0.2) is 58.4 Å². The smallest absolute Gasteiger partial charge is 0.193 e. The highest BCUT2D eigenvalue weighted by atomic mass is 32.2. The van der Waals surface area contributed by atoms with Gasteiger partial charge in [0.25, 0.3) is 0 Å². The lowest BCUT2D eigenvalue weighted by molar-refractivity contribution is 0.411. The molecule has 0 saturated carbocycles. The summed E-state index contributed by atoms with van der Waals surface area (Å²) in [5.41, 5.74) is -1.36. The van der Waals surface area contributed by atoms with Crippen LogP contribution in [0.3, 0.4) is 0 Å². The van der Waals surface area contributed by atoms with Gasteiger partial charge in [0.2, 0.25) is 0 Å². The lowest BCUT2D eigenvalue weighted by Crippen LogP contribution is -2.09. The molecule has 7 nitrogen and oxygen atoms in total. The number of ether oxygens (including phenoxy) is 1. The van der Waals surface area contributed by atoms with Gasteiger partial charge in [-0.3, -0.25) is 4.79 Å². The van der Waals surface area contributed by atoms with E-state index in [1.807, 2.05) is 6.07 Å². The van der Waals surface area contributed by atoms with E-state index in [0.717, 1.165) is 18.4 Å². The summed E-state index contributed by atoms with van der Waals surface area (Å²) in [6.07, 6.45) is 2.41. The van der Waals surface area contributed by atoms with E-state index in [0.29, 0.717) is 5.75 Å². The lowest BCUT2D eigenvalue weighted by Gasteiger charge is -2.11. The third-order valence-corrected chi connectivity index (χ3v) is 6.26. The minimum atomic E-state index is -3.75. The van der Waals surface area contributed by atoms with E-state index >= 15 is 4.39 Å². The predicted molar refractivity (Wildman–Crippen MR) is 125 cm³/mol. The highest BCUT2D eigenvalue weighted by Gasteiger charge is 2.20. The fraction of sp³-hybridized carbons (Fsp3) is 0.0800. The molecule has 10 heteroatoms. The largest absolute Gasteiger partial charge is 0.494 e. The number of nitrogens with one attached hydrogen (secondary N) is 1. The highest BCUT2D eigenvalue weighted by molar-refractivity contribution is 7.90. The van der Waals surface area contributed by atoms with Crippen LogP contribution in [0.25, 0.3) is 22.2 Å². The number of aromatic nitrogens is 2. The van der Waals surface area contributed by atoms with Gasteiger partial charge in [-0.1, -0.05) is 5.92 Å². The van der Waals surface area contributed by atoms with Gasteiger partial charge < -0.3 is 9.72 Å². The molecule has 0 amide bonds. The number of halogens is 2. The number of nitriles is 1. The molecule has 2 heterocycles. The SMILES string of the molecule is COc1cccnc1C#Cc1c(F)cc2[nH]c(-c3cc(C#N)ccc3S(C)(=O)=O)cc(=O)c2c1F. The Bertz CT molecular complexity index is 1780. The Labute approximate surface area is 198 Å². The standard InChI is InChI=1S/C25H15F2N3O4S/c1-34-22-4-3-9-29-18(22)7-6-15-17(26)11-20-24(25(15)27)21(31)12-19(30-20)16-10-14(13-28)5-8-23(16)35(2,32)33/h3-5,8-12H,1-2H3,(H,30,31). The number of hydrogen-bond donors (Lipinski definition) is 1. The number of hydrogen-bond acceptors (Lipinski definition) is 6. The first-order chi connectivity index (χ1) is 16.6. The van der Waals surface area contributed by atoms with Crippen molar-refractivity contribution in [2.45, 2.75) is 4.90 Å². The molecule has 1 N–H and O–H groups in total. The predicted octanol–water partition coefficient (Wildman–Crippen LogP) is 3.55. The molecule has 0 unspecified atom stereocenters. The molecule has 0 saturated heterocycles. The third kappa shape index (κ3) is 4.47. The molecule has 0 aliphatic heterocycles. The Kier molecular flexibility index (Phi) is 6.08. The van der Waals surface area contributed by atoms with Gasteiger partial charge >= 0.3 is 0 Å². The molecule has 2 aromatic carbocycles. The molecular formula is C25H15F2N3O4S. The van der Waals surface area contributed by atoms with Crippen LogP contribution in [0, 0.1) is 34.8 Å². The van der Waals surface area contributed by atoms with Crippen LogP contribution in [-0.2, 0) is 9.84 Å². The summed E-state index contributed by atoms with van der Waals surface area (Å²) >= 11 is 0. The quantitative estimate of drug-likeness (QED) is 0.439. The minimum Gasteiger partial charge on any atom is -0.494 e. The molecule has 0 aliphatic carbocycles. The third-order valence-electron chi connectivity index (χ3n) is 5.10. The van der Waals surface area contributed by atoms with E-state index < -0.39 is 37.9 Å². The number of fused-ring (bicyclic) bond motifs is 1. The summed E-state index contributed by atoms with van der Waals surface area (Å²) in [6, 6.07) is 10.8. The Balaban J connectivity index is 1.93. The zero-order valence-electron chi connectivity index (χ0n) is 18.3. The van der Waals surface area contributed by atoms with Crippen LogP contribution in [0.2, 0.25) is 0 Å². The molecule has 4 aromatic rings. The minimum absolute atomic E-state index is 0.0177. The van der Waals surface area contributed by atoms with Gasteiger partial charge in [-0.2, -0.15) is 5.26 Å². The Morgan fingerprint density at radius 3 is 2.57 bits per heavy atom. The van der Waals surface area contributed by atoms with Gasteiger partial charge in [-0.05, 0) is 42.3 Å². The zero-order valence-corrected chi connectivity index (χ0v) is 19.1. The molecule has 2 aromatic heterocycles. The summed E-state index contributed by atoms with van der Waals surface area (Å²) < 4.78 is 59.7. The number of aromatic amines is 1. The summed E-state index contributed by atoms with van der Waals surface area (Å²) in [7, 11) is -2.35. The van der Waals surface area contributed by atoms with Crippen molar-refractivity contribution in [3.8, 4) is 34.9 Å². The average molecular weight is 491 g/mol. The fourth-order valence-corrected chi connectivity index (χ4v) is 4.39. The lowest BCUT2D eigenvalue weighted by atomic mass is 10.0. The second kappa shape index (κ2) is 9.01. The van der Waals surface area contributed by atoms with Crippen LogP contribution in [0.4, 0.5) is 8.78 Å². The molecule has 0 atom stereocenters. The molecular weight excluding hydrogens is 476 g/mol. The normalized spacial score (nSPS) is 10.9. The van der Waals surface area contributed by atoms with Gasteiger partial charge in [-0.15, -0.1) is 0 Å². The first-order valence-electron chi connectivity index (χ1n) is 9.94. The van der Waals surface area contributed by atoms with Gasteiger partial charge in [0, 0.05) is 24.1 Å². The Morgan fingerprint density at radius 2 is 1.89 bits per heavy atom. The van der Waals surface area contributed by atoms with Crippen molar-refractivity contribution in [2.24, 2.45) is 0 Å². The van der Waals surface area contributed by atoms with Crippen molar-refractivity contribution in [2.75, 3.05) is 13.4 Å². The van der Waals surface area contributed by atoms with Crippen LogP contribution in [0.5, 0.6) is 5.75 Å². The summed E-state index contributed by atoms with van der Waals surface area (Å²) in [6.45, 7) is 0. The van der Waals surface area contributed by atoms with Crippen molar-refractivity contribution < 1.29 is 21.9 Å². The van der Waals surface area contributed by atoms with E-state index in [2.05, 4.69) is 21.8 Å². The second-order valence-corrected chi connectivity index (χ2v) is 9.40. The number of rotatable bonds is 3. The maximum absolute atomic E-state index is 15.2. The van der Waals surface area contributed by atoms with E-state index in [1.54, 1.807) is 12.1 Å². The fourth-order valence-electron chi connectivity index (χ4n) is 3.51. The summed E-state index contributed by atoms with van der Waals surface area (Å²) in [5, 5.41) is 8.75. The summed E-state index contributed by atoms with van der Waals surface area (Å²) in [4.78, 5) is 19.4. The van der Waals surface area contributed by atoms with Crippen molar-refractivity contribution >= 4 is 20.7 Å². The number of nitrogens with zero attached hydrogens (tertiary/aromatic N) is 2. The topological polar surface area (TPSA) is 113 Å². The summed E-state index contributed by atoms with van der Waals surface area (Å²) in [5.74, 6) is 3.01. The van der Waals surface area contributed by atoms with E-state index in [-0.39, 0.29) is 32.9 Å². The number of methoxy groups -OCH3 is 1. The van der Waals surface area contributed by atoms with Gasteiger partial charge in [0.15, 0.2) is 32.5 Å². The number of sulfone groups is 1. The second-order valence-electron chi connectivity index (χ2n) is 7.42. The number of H-pyrrole nitrogens is 1. The maximum atomic E-state index is 15.2. The molecule has 4 rings (SSSR count). The molecule has 0 bridgehead atoms. The van der Waals surface area contributed by atoms with E-state index in [4.69, 9.17) is 4.74 Å². The van der Waals surface area contributed by atoms with Gasteiger partial charge in [-0.25, -0.2) is 22.2 Å². The molecule has 0 spiro atoms. The van der Waals surface area contributed by atoms with Crippen molar-refractivity contribution in [3.05, 3.63) is 87.3 Å². The monoisotopic (exact) mass is 491 g/mol. The zero-order chi connectivity index (χ0) is 25.3. The van der Waals surface area contributed by atoms with Crippen LogP contribution >= 0.6 is 0 Å². The maximum Gasteiger partial charge on any atom is 0.193 e. The van der Waals surface area contributed by atoms with E-state index in [1.165, 1.54) is 31.5 Å². The molecule has 0 aliphatic rings. The first kappa shape index (κ1) is 23.6. The number of pyridine rings is 2. The van der Waals surface area contributed by atoms with Crippen molar-refractivity contribution in [1.82, 2.24) is 9.97 Å². The number of benzene rings is 2. The average Bonchev–Trinajstić information content (AvgIpc) is 2.82. The highest BCUT2D eigenvalue weighted by Crippen LogP contribution is 2.29. The van der Waals surface area contributed by atoms with Crippen LogP contribution in [-0.4, -0.2) is 31.8 Å². The molecule has 0 radical (unpaired) electrons. The Hall–Kier alpha value is -4.54. The Morgan fingerprint density at radius 1 is 1.11 bits per heavy atom.